The number of carbonyl (C=O) groups is 1. The molecule has 0 atom stereocenters. The van der Waals surface area contributed by atoms with E-state index in [1.54, 1.807) is 13.2 Å². The Morgan fingerprint density at radius 3 is 2.86 bits per heavy atom. The van der Waals surface area contributed by atoms with E-state index in [-0.39, 0.29) is 12.0 Å². The summed E-state index contributed by atoms with van der Waals surface area (Å²) in [6.07, 6.45) is 2.78. The zero-order chi connectivity index (χ0) is 15.4. The molecule has 0 unspecified atom stereocenters. The fourth-order valence-electron chi connectivity index (χ4n) is 2.30. The molecule has 2 heterocycles. The van der Waals surface area contributed by atoms with E-state index in [9.17, 15) is 9.90 Å². The first-order valence-corrected chi connectivity index (χ1v) is 7.68. The predicted molar refractivity (Wildman–Crippen MR) is 85.3 cm³/mol. The number of ether oxygens (including phenoxy) is 1. The van der Waals surface area contributed by atoms with Gasteiger partial charge in [0.1, 0.15) is 15.6 Å². The third kappa shape index (κ3) is 3.30. The zero-order valence-corrected chi connectivity index (χ0v) is 12.9. The number of aliphatic hydroxyl groups excluding tert-OH is 1. The minimum Gasteiger partial charge on any atom is -0.492 e. The van der Waals surface area contributed by atoms with Crippen LogP contribution in [0.5, 0.6) is 5.75 Å². The lowest BCUT2D eigenvalue weighted by Crippen LogP contribution is -2.35. The molecule has 1 aliphatic rings. The molecule has 1 aromatic rings. The van der Waals surface area contributed by atoms with Crippen LogP contribution in [0.3, 0.4) is 0 Å². The van der Waals surface area contributed by atoms with Gasteiger partial charge in [0.15, 0.2) is 5.75 Å². The summed E-state index contributed by atoms with van der Waals surface area (Å²) < 4.78 is 5.37. The molecule has 0 aliphatic carbocycles. The summed E-state index contributed by atoms with van der Waals surface area (Å²) in [5.74, 6) is 0.319. The summed E-state index contributed by atoms with van der Waals surface area (Å²) in [6, 6.07) is 0. The average Bonchev–Trinajstić information content (AvgIpc) is 2.82. The van der Waals surface area contributed by atoms with Crippen molar-refractivity contribution in [3.05, 3.63) is 17.5 Å². The van der Waals surface area contributed by atoms with Crippen molar-refractivity contribution < 1.29 is 14.6 Å². The molecule has 2 rings (SSSR count). The molecule has 116 valence electrons. The van der Waals surface area contributed by atoms with Gasteiger partial charge in [0.2, 0.25) is 0 Å². The lowest BCUT2D eigenvalue weighted by molar-refractivity contribution is 0.0962. The summed E-state index contributed by atoms with van der Waals surface area (Å²) in [7, 11) is 1.55. The molecule has 0 bridgehead atoms. The normalized spacial score (nSPS) is 15.8. The predicted octanol–water partition coefficient (Wildman–Crippen LogP) is 1.22. The number of nitrogens with zero attached hydrogens (tertiary/aromatic N) is 1. The van der Waals surface area contributed by atoms with Crippen LogP contribution in [0, 0.1) is 0 Å². The Balaban J connectivity index is 2.25. The quantitative estimate of drug-likeness (QED) is 0.712. The SMILES string of the molecule is C=CCNC(=O)c1sc(N2CCC(O)CC2)c(OC)c1N. The number of thiophene rings is 1. The number of piperidine rings is 1. The Hall–Kier alpha value is -1.73. The Morgan fingerprint density at radius 2 is 2.29 bits per heavy atom. The van der Waals surface area contributed by atoms with Crippen LogP contribution in [-0.2, 0) is 0 Å². The van der Waals surface area contributed by atoms with E-state index in [2.05, 4.69) is 16.8 Å². The first kappa shape index (κ1) is 15.7. The van der Waals surface area contributed by atoms with Gasteiger partial charge in [0.05, 0.1) is 13.2 Å². The number of carbonyl (C=O) groups excluding carboxylic acids is 1. The smallest absolute Gasteiger partial charge is 0.263 e. The molecule has 1 saturated heterocycles. The second-order valence-corrected chi connectivity index (χ2v) is 5.90. The lowest BCUT2D eigenvalue weighted by atomic mass is 10.1. The third-order valence-corrected chi connectivity index (χ3v) is 4.70. The molecular formula is C14H21N3O3S. The largest absolute Gasteiger partial charge is 0.492 e. The van der Waals surface area contributed by atoms with Crippen LogP contribution in [0.2, 0.25) is 0 Å². The molecule has 0 saturated carbocycles. The first-order valence-electron chi connectivity index (χ1n) is 6.86. The summed E-state index contributed by atoms with van der Waals surface area (Å²) in [5.41, 5.74) is 6.41. The number of aliphatic hydroxyl groups is 1. The highest BCUT2D eigenvalue weighted by atomic mass is 32.1. The van der Waals surface area contributed by atoms with Gasteiger partial charge in [-0.1, -0.05) is 6.08 Å². The monoisotopic (exact) mass is 311 g/mol. The van der Waals surface area contributed by atoms with E-state index in [0.29, 0.717) is 35.7 Å². The summed E-state index contributed by atoms with van der Waals surface area (Å²) in [4.78, 5) is 14.7. The van der Waals surface area contributed by atoms with Crippen molar-refractivity contribution >= 4 is 27.9 Å². The minimum absolute atomic E-state index is 0.223. The lowest BCUT2D eigenvalue weighted by Gasteiger charge is -2.30. The number of rotatable bonds is 5. The first-order chi connectivity index (χ1) is 10.1. The molecule has 0 radical (unpaired) electrons. The van der Waals surface area contributed by atoms with E-state index in [1.807, 2.05) is 0 Å². The molecule has 1 fully saturated rings. The van der Waals surface area contributed by atoms with E-state index in [0.717, 1.165) is 18.1 Å². The second kappa shape index (κ2) is 6.82. The maximum atomic E-state index is 12.1. The van der Waals surface area contributed by atoms with Crippen molar-refractivity contribution in [2.24, 2.45) is 0 Å². The molecule has 0 aromatic carbocycles. The van der Waals surface area contributed by atoms with Gasteiger partial charge in [-0.3, -0.25) is 4.79 Å². The zero-order valence-electron chi connectivity index (χ0n) is 12.1. The Morgan fingerprint density at radius 1 is 1.62 bits per heavy atom. The topological polar surface area (TPSA) is 87.8 Å². The van der Waals surface area contributed by atoms with Crippen LogP contribution in [0.15, 0.2) is 12.7 Å². The summed E-state index contributed by atoms with van der Waals surface area (Å²) in [6.45, 7) is 5.42. The number of nitrogens with two attached hydrogens (primary N) is 1. The van der Waals surface area contributed by atoms with Gasteiger partial charge in [0.25, 0.3) is 5.91 Å². The molecule has 1 amide bonds. The van der Waals surface area contributed by atoms with Gasteiger partial charge in [-0.05, 0) is 12.8 Å². The molecule has 21 heavy (non-hydrogen) atoms. The van der Waals surface area contributed by atoms with Crippen molar-refractivity contribution in [1.82, 2.24) is 5.32 Å². The van der Waals surface area contributed by atoms with Crippen molar-refractivity contribution in [2.45, 2.75) is 18.9 Å². The van der Waals surface area contributed by atoms with Crippen LogP contribution in [0.4, 0.5) is 10.7 Å². The standard InChI is InChI=1S/C14H21N3O3S/c1-3-6-16-13(19)12-10(15)11(20-2)14(21-12)17-7-4-9(18)5-8-17/h3,9,18H,1,4-8,15H2,2H3,(H,16,19). The van der Waals surface area contributed by atoms with E-state index in [1.165, 1.54) is 11.3 Å². The maximum Gasteiger partial charge on any atom is 0.263 e. The Kier molecular flexibility index (Phi) is 5.08. The van der Waals surface area contributed by atoms with E-state index in [4.69, 9.17) is 10.5 Å². The van der Waals surface area contributed by atoms with Gasteiger partial charge in [-0.25, -0.2) is 0 Å². The van der Waals surface area contributed by atoms with Gasteiger partial charge in [-0.15, -0.1) is 17.9 Å². The van der Waals surface area contributed by atoms with Gasteiger partial charge < -0.3 is 25.8 Å². The summed E-state index contributed by atoms with van der Waals surface area (Å²) >= 11 is 1.32. The van der Waals surface area contributed by atoms with Gasteiger partial charge in [0, 0.05) is 19.6 Å². The third-order valence-electron chi connectivity index (χ3n) is 3.45. The molecule has 4 N–H and O–H groups in total. The second-order valence-electron chi connectivity index (χ2n) is 4.90. The number of nitrogens with one attached hydrogen (secondary N) is 1. The number of hydrogen-bond acceptors (Lipinski definition) is 6. The fourth-order valence-corrected chi connectivity index (χ4v) is 3.46. The van der Waals surface area contributed by atoms with Crippen LogP contribution in [-0.4, -0.2) is 43.9 Å². The average molecular weight is 311 g/mol. The molecular weight excluding hydrogens is 290 g/mol. The van der Waals surface area contributed by atoms with Gasteiger partial charge in [-0.2, -0.15) is 0 Å². The molecule has 1 aromatic heterocycles. The van der Waals surface area contributed by atoms with Crippen molar-refractivity contribution in [2.75, 3.05) is 37.4 Å². The number of methoxy groups -OCH3 is 1. The maximum absolute atomic E-state index is 12.1. The van der Waals surface area contributed by atoms with Crippen LogP contribution in [0.1, 0.15) is 22.5 Å². The number of amides is 1. The number of hydrogen-bond donors (Lipinski definition) is 3. The molecule has 7 heteroatoms. The minimum atomic E-state index is -0.250. The fraction of sp³-hybridized carbons (Fsp3) is 0.500. The number of nitrogen functional groups attached to an aromatic ring is 1. The molecule has 6 nitrogen and oxygen atoms in total. The van der Waals surface area contributed by atoms with E-state index < -0.39 is 0 Å². The van der Waals surface area contributed by atoms with Crippen LogP contribution >= 0.6 is 11.3 Å². The Labute approximate surface area is 128 Å². The summed E-state index contributed by atoms with van der Waals surface area (Å²) in [5, 5.41) is 13.2. The van der Waals surface area contributed by atoms with Crippen molar-refractivity contribution in [1.29, 1.82) is 0 Å². The number of anilines is 2. The van der Waals surface area contributed by atoms with Crippen LogP contribution < -0.4 is 20.7 Å². The molecule has 0 spiro atoms. The van der Waals surface area contributed by atoms with Crippen molar-refractivity contribution in [3.63, 3.8) is 0 Å². The van der Waals surface area contributed by atoms with Crippen LogP contribution in [0.25, 0.3) is 0 Å². The van der Waals surface area contributed by atoms with Gasteiger partial charge >= 0.3 is 0 Å². The Bertz CT molecular complexity index is 522. The highest BCUT2D eigenvalue weighted by molar-refractivity contribution is 7.19. The van der Waals surface area contributed by atoms with Crippen molar-refractivity contribution in [3.8, 4) is 5.75 Å². The molecule has 1 aliphatic heterocycles. The highest BCUT2D eigenvalue weighted by Crippen LogP contribution is 2.45. The van der Waals surface area contributed by atoms with E-state index >= 15 is 0 Å². The highest BCUT2D eigenvalue weighted by Gasteiger charge is 2.27.